The predicted molar refractivity (Wildman–Crippen MR) is 208 cm³/mol. The molecule has 11 atom stereocenters. The number of para-hydroxylation sites is 3. The minimum Gasteiger partial charge on any atom is -0.485 e. The number of benzene rings is 2. The molecule has 0 bridgehead atoms. The molecule has 2 saturated heterocycles. The molecule has 3 fully saturated rings. The van der Waals surface area contributed by atoms with E-state index in [0.717, 1.165) is 13.0 Å². The van der Waals surface area contributed by atoms with Gasteiger partial charge in [0.25, 0.3) is 5.91 Å². The summed E-state index contributed by atoms with van der Waals surface area (Å²) in [6.07, 6.45) is -0.385. The highest BCUT2D eigenvalue weighted by molar-refractivity contribution is 6.33. The van der Waals surface area contributed by atoms with Gasteiger partial charge < -0.3 is 34.1 Å². The third-order valence-electron chi connectivity index (χ3n) is 13.2. The number of ether oxygens (including phenoxy) is 4. The second-order valence-corrected chi connectivity index (χ2v) is 17.2. The Morgan fingerprint density at radius 3 is 2.51 bits per heavy atom. The van der Waals surface area contributed by atoms with Gasteiger partial charge in [-0.3, -0.25) is 34.5 Å². The van der Waals surface area contributed by atoms with Crippen LogP contribution in [0.15, 0.2) is 54.1 Å². The first kappa shape index (κ1) is 39.9. The molecule has 3 N–H and O–H groups in total. The van der Waals surface area contributed by atoms with Gasteiger partial charge in [0.1, 0.15) is 23.9 Å². The summed E-state index contributed by atoms with van der Waals surface area (Å²) in [5.74, 6) is -0.663. The summed E-state index contributed by atoms with van der Waals surface area (Å²) in [4.78, 5) is 50.3. The van der Waals surface area contributed by atoms with E-state index in [1.165, 1.54) is 12.0 Å². The van der Waals surface area contributed by atoms with E-state index in [9.17, 15) is 24.6 Å². The number of nitrogens with one attached hydrogen (secondary N) is 1. The average Bonchev–Trinajstić information content (AvgIpc) is 3.54. The Morgan fingerprint density at radius 1 is 1.04 bits per heavy atom. The Kier molecular flexibility index (Phi) is 10.7. The number of aliphatic hydroxyl groups is 2. The van der Waals surface area contributed by atoms with Crippen molar-refractivity contribution in [2.24, 2.45) is 23.7 Å². The number of carbonyl (C=O) groups excluding carboxylic acids is 3. The summed E-state index contributed by atoms with van der Waals surface area (Å²) in [6, 6.07) is 11.6. The van der Waals surface area contributed by atoms with Crippen molar-refractivity contribution in [1.29, 1.82) is 0 Å². The molecule has 15 heteroatoms. The molecular formula is C42H53ClN4O10. The smallest absolute Gasteiger partial charge is 0.323 e. The van der Waals surface area contributed by atoms with E-state index in [0.29, 0.717) is 65.9 Å². The molecule has 0 aromatic heterocycles. The average molecular weight is 809 g/mol. The molecule has 57 heavy (non-hydrogen) atoms. The van der Waals surface area contributed by atoms with Crippen LogP contribution in [0.25, 0.3) is 0 Å². The van der Waals surface area contributed by atoms with Gasteiger partial charge in [0.15, 0.2) is 29.9 Å². The van der Waals surface area contributed by atoms with Crippen molar-refractivity contribution < 1.29 is 48.4 Å². The summed E-state index contributed by atoms with van der Waals surface area (Å²) in [5.41, 5.74) is -1.41. The molecule has 2 aromatic carbocycles. The molecule has 4 heterocycles. The maximum absolute atomic E-state index is 14.2. The normalized spacial score (nSPS) is 35.3. The van der Waals surface area contributed by atoms with Crippen molar-refractivity contribution in [2.75, 3.05) is 51.4 Å². The Morgan fingerprint density at radius 2 is 1.77 bits per heavy atom. The SMILES string of the molecule is CC(=O)O[C@@H]1C(C)=C[C@@H]2[C@H](C(C)CN3CCN(C(=O)C4COc5ccccc5O4)CC3)CC[C@@H](C)[C@]2(O)[C@H]1OC(=O)[C@@H]1C[C@@]2(O)c3cccc(Cl)c3N(C)O[C@H]2N1. The Balaban J connectivity index is 0.961. The molecule has 2 aliphatic carbocycles. The minimum absolute atomic E-state index is 0.0199. The molecule has 4 aliphatic heterocycles. The lowest BCUT2D eigenvalue weighted by Gasteiger charge is -2.56. The summed E-state index contributed by atoms with van der Waals surface area (Å²) in [5, 5.41) is 29.9. The monoisotopic (exact) mass is 808 g/mol. The van der Waals surface area contributed by atoms with Crippen LogP contribution in [0.2, 0.25) is 5.02 Å². The lowest BCUT2D eigenvalue weighted by atomic mass is 9.55. The fourth-order valence-corrected chi connectivity index (χ4v) is 10.5. The molecule has 8 rings (SSSR count). The van der Waals surface area contributed by atoms with E-state index in [1.807, 2.05) is 43.0 Å². The van der Waals surface area contributed by atoms with Gasteiger partial charge in [0, 0.05) is 64.6 Å². The van der Waals surface area contributed by atoms with Crippen molar-refractivity contribution in [3.8, 4) is 11.5 Å². The van der Waals surface area contributed by atoms with Crippen LogP contribution in [-0.4, -0.2) is 120 Å². The Labute approximate surface area is 337 Å². The highest BCUT2D eigenvalue weighted by atomic mass is 35.5. The highest BCUT2D eigenvalue weighted by Gasteiger charge is 2.62. The Bertz CT molecular complexity index is 1920. The molecule has 1 saturated carbocycles. The van der Waals surface area contributed by atoms with Crippen LogP contribution in [0.4, 0.5) is 5.69 Å². The van der Waals surface area contributed by atoms with Crippen molar-refractivity contribution in [1.82, 2.24) is 15.1 Å². The standard InChI is InChI=1S/C42H53ClN4O10/c1-23-19-29-27(24(2)21-46-15-17-47(18-16-46)38(49)34-22-53-32-11-6-7-12-33(32)55-34)14-13-25(3)42(29,52)37(36(23)54-26(4)48)56-39(50)31-20-41(51)28-9-8-10-30(43)35(28)45(5)57-40(41)44-31/h6-12,19,24-25,27,29,31,34,36-37,40,44,51-52H,13-18,20-22H2,1-5H3/t24?,25-,27+,29-,31+,34?,36-,37+,40-,41-,42-/m1/s1. The fourth-order valence-electron chi connectivity index (χ4n) is 10.2. The van der Waals surface area contributed by atoms with Crippen molar-refractivity contribution >= 4 is 35.1 Å². The first-order valence-electron chi connectivity index (χ1n) is 20.0. The number of fused-ring (bicyclic) bond motifs is 5. The number of hydrogen-bond donors (Lipinski definition) is 3. The predicted octanol–water partition coefficient (Wildman–Crippen LogP) is 3.41. The van der Waals surface area contributed by atoms with Crippen LogP contribution in [-0.2, 0) is 34.3 Å². The van der Waals surface area contributed by atoms with Crippen LogP contribution in [0.1, 0.15) is 52.5 Å². The van der Waals surface area contributed by atoms with E-state index in [4.69, 9.17) is 35.4 Å². The lowest BCUT2D eigenvalue weighted by Crippen LogP contribution is -2.66. The second kappa shape index (κ2) is 15.4. The van der Waals surface area contributed by atoms with Crippen LogP contribution in [0.3, 0.4) is 0 Å². The van der Waals surface area contributed by atoms with Crippen LogP contribution in [0.5, 0.6) is 11.5 Å². The van der Waals surface area contributed by atoms with Crippen molar-refractivity contribution in [2.45, 2.75) is 88.7 Å². The van der Waals surface area contributed by atoms with Crippen LogP contribution in [0, 0.1) is 23.7 Å². The largest absolute Gasteiger partial charge is 0.485 e. The lowest BCUT2D eigenvalue weighted by molar-refractivity contribution is -0.225. The second-order valence-electron chi connectivity index (χ2n) is 16.8. The van der Waals surface area contributed by atoms with Gasteiger partial charge >= 0.3 is 11.9 Å². The number of hydroxylamine groups is 1. The molecule has 1 amide bonds. The molecule has 2 unspecified atom stereocenters. The molecule has 0 radical (unpaired) electrons. The van der Waals surface area contributed by atoms with Crippen LogP contribution < -0.4 is 19.9 Å². The summed E-state index contributed by atoms with van der Waals surface area (Å²) < 4.78 is 23.9. The molecule has 2 aromatic rings. The van der Waals surface area contributed by atoms with Gasteiger partial charge in [-0.25, -0.2) is 0 Å². The number of esters is 2. The Hall–Kier alpha value is -3.92. The van der Waals surface area contributed by atoms with Crippen molar-refractivity contribution in [3.63, 3.8) is 0 Å². The van der Waals surface area contributed by atoms with E-state index in [1.54, 1.807) is 31.3 Å². The van der Waals surface area contributed by atoms with E-state index >= 15 is 0 Å². The number of halogens is 1. The van der Waals surface area contributed by atoms with Gasteiger partial charge in [0.2, 0.25) is 6.10 Å². The van der Waals surface area contributed by atoms with Crippen LogP contribution >= 0.6 is 11.6 Å². The first-order valence-corrected chi connectivity index (χ1v) is 20.4. The number of piperazine rings is 1. The van der Waals surface area contributed by atoms with Gasteiger partial charge in [-0.2, -0.15) is 0 Å². The number of carbonyl (C=O) groups is 3. The number of rotatable bonds is 7. The van der Waals surface area contributed by atoms with Crippen molar-refractivity contribution in [3.05, 3.63) is 64.7 Å². The van der Waals surface area contributed by atoms with Gasteiger partial charge in [0.05, 0.1) is 10.7 Å². The van der Waals surface area contributed by atoms with Gasteiger partial charge in [-0.05, 0) is 61.3 Å². The quantitative estimate of drug-likeness (QED) is 0.276. The molecular weight excluding hydrogens is 756 g/mol. The number of hydrogen-bond acceptors (Lipinski definition) is 13. The third kappa shape index (κ3) is 7.05. The molecule has 6 aliphatic rings. The zero-order valence-electron chi connectivity index (χ0n) is 33.1. The van der Waals surface area contributed by atoms with Gasteiger partial charge in [-0.15, -0.1) is 0 Å². The van der Waals surface area contributed by atoms with Gasteiger partial charge in [-0.1, -0.05) is 55.8 Å². The van der Waals surface area contributed by atoms with E-state index < -0.39 is 59.6 Å². The van der Waals surface area contributed by atoms with E-state index in [2.05, 4.69) is 17.1 Å². The zero-order valence-corrected chi connectivity index (χ0v) is 33.8. The molecule has 14 nitrogen and oxygen atoms in total. The fraction of sp³-hybridized carbons (Fsp3) is 0.595. The third-order valence-corrected chi connectivity index (χ3v) is 13.5. The van der Waals surface area contributed by atoms with E-state index in [-0.39, 0.29) is 36.7 Å². The maximum Gasteiger partial charge on any atom is 0.323 e. The number of amides is 1. The molecule has 0 spiro atoms. The highest BCUT2D eigenvalue weighted by Crippen LogP contribution is 2.53. The zero-order chi connectivity index (χ0) is 40.4. The topological polar surface area (TPSA) is 160 Å². The minimum atomic E-state index is -1.59. The first-order chi connectivity index (χ1) is 27.2. The number of anilines is 1. The summed E-state index contributed by atoms with van der Waals surface area (Å²) >= 11 is 6.48. The summed E-state index contributed by atoms with van der Waals surface area (Å²) in [6.45, 7) is 10.7. The molecule has 308 valence electrons. The summed E-state index contributed by atoms with van der Waals surface area (Å²) in [7, 11) is 1.68. The number of nitrogens with zero attached hydrogens (tertiary/aromatic N) is 3. The maximum atomic E-state index is 14.2.